The molecule has 0 saturated carbocycles. The Morgan fingerprint density at radius 3 is 2.69 bits per heavy atom. The number of hydrogen-bond acceptors (Lipinski definition) is 4. The van der Waals surface area contributed by atoms with Gasteiger partial charge in [0.05, 0.1) is 23.6 Å². The van der Waals surface area contributed by atoms with Gasteiger partial charge in [0, 0.05) is 32.4 Å². The number of methoxy groups -OCH3 is 1. The highest BCUT2D eigenvalue weighted by Crippen LogP contribution is 2.46. The van der Waals surface area contributed by atoms with Crippen molar-refractivity contribution in [2.45, 2.75) is 39.2 Å². The zero-order valence-electron chi connectivity index (χ0n) is 19.5. The SMILES string of the molecule is CC=CC1=C(COC)C(C)C=C2N(C1)C(=O)N(CC)C21CCN(C(=O)c2cccs2)CC1. The Balaban J connectivity index is 1.66. The second-order valence-corrected chi connectivity index (χ2v) is 9.69. The lowest BCUT2D eigenvalue weighted by Crippen LogP contribution is -2.54. The van der Waals surface area contributed by atoms with Gasteiger partial charge in [-0.25, -0.2) is 4.79 Å². The Morgan fingerprint density at radius 1 is 1.34 bits per heavy atom. The first-order valence-electron chi connectivity index (χ1n) is 11.4. The molecule has 0 N–H and O–H groups in total. The van der Waals surface area contributed by atoms with Gasteiger partial charge >= 0.3 is 6.03 Å². The van der Waals surface area contributed by atoms with Gasteiger partial charge in [-0.05, 0) is 55.2 Å². The van der Waals surface area contributed by atoms with Crippen LogP contribution in [0.4, 0.5) is 4.79 Å². The summed E-state index contributed by atoms with van der Waals surface area (Å²) in [5.41, 5.74) is 3.13. The van der Waals surface area contributed by atoms with Crippen LogP contribution >= 0.6 is 11.3 Å². The van der Waals surface area contributed by atoms with Gasteiger partial charge in [0.25, 0.3) is 5.91 Å². The van der Waals surface area contributed by atoms with Crippen LogP contribution in [0.2, 0.25) is 0 Å². The molecule has 1 unspecified atom stereocenters. The Labute approximate surface area is 194 Å². The zero-order valence-corrected chi connectivity index (χ0v) is 20.3. The number of piperidine rings is 1. The lowest BCUT2D eigenvalue weighted by atomic mass is 9.82. The van der Waals surface area contributed by atoms with Gasteiger partial charge in [0.1, 0.15) is 0 Å². The normalized spacial score (nSPS) is 23.2. The molecule has 0 aromatic carbocycles. The third-order valence-corrected chi connectivity index (χ3v) is 7.90. The highest BCUT2D eigenvalue weighted by atomic mass is 32.1. The molecule has 0 bridgehead atoms. The number of allylic oxidation sites excluding steroid dienone is 2. The van der Waals surface area contributed by atoms with Crippen molar-refractivity contribution in [3.05, 3.63) is 57.5 Å². The molecule has 1 aromatic rings. The molecule has 1 spiro atoms. The van der Waals surface area contributed by atoms with Crippen LogP contribution in [0.15, 0.2) is 52.6 Å². The summed E-state index contributed by atoms with van der Waals surface area (Å²) in [4.78, 5) is 33.2. The molecular formula is C25H33N3O3S. The highest BCUT2D eigenvalue weighted by molar-refractivity contribution is 7.12. The van der Waals surface area contributed by atoms with Crippen LogP contribution < -0.4 is 0 Å². The molecule has 7 heteroatoms. The van der Waals surface area contributed by atoms with Crippen molar-refractivity contribution in [1.82, 2.24) is 14.7 Å². The first-order chi connectivity index (χ1) is 15.5. The van der Waals surface area contributed by atoms with E-state index in [1.807, 2.05) is 45.2 Å². The number of fused-ring (bicyclic) bond motifs is 2. The molecule has 0 radical (unpaired) electrons. The van der Waals surface area contributed by atoms with Gasteiger partial charge < -0.3 is 14.5 Å². The standard InChI is InChI=1S/C25H33N3O3S/c1-5-8-19-16-27-22(15-18(3)20(19)17-31-4)25(28(6-2)24(27)30)10-12-26(13-11-25)23(29)21-9-7-14-32-21/h5,7-9,14-15,18H,6,10-13,16-17H2,1-4H3. The maximum atomic E-state index is 13.6. The zero-order chi connectivity index (χ0) is 22.9. The minimum absolute atomic E-state index is 0.0738. The summed E-state index contributed by atoms with van der Waals surface area (Å²) in [6.07, 6.45) is 7.94. The van der Waals surface area contributed by atoms with E-state index in [2.05, 4.69) is 26.0 Å². The molecule has 1 aromatic heterocycles. The van der Waals surface area contributed by atoms with Crippen molar-refractivity contribution in [3.63, 3.8) is 0 Å². The minimum Gasteiger partial charge on any atom is -0.380 e. The third kappa shape index (κ3) is 3.71. The summed E-state index contributed by atoms with van der Waals surface area (Å²) < 4.78 is 5.51. The fourth-order valence-electron chi connectivity index (χ4n) is 5.46. The van der Waals surface area contributed by atoms with Crippen LogP contribution in [0.1, 0.15) is 43.3 Å². The summed E-state index contributed by atoms with van der Waals surface area (Å²) in [7, 11) is 1.72. The van der Waals surface area contributed by atoms with Crippen molar-refractivity contribution in [1.29, 1.82) is 0 Å². The van der Waals surface area contributed by atoms with E-state index in [0.29, 0.717) is 32.8 Å². The molecule has 0 aliphatic carbocycles. The average molecular weight is 456 g/mol. The predicted molar refractivity (Wildman–Crippen MR) is 128 cm³/mol. The first kappa shape index (κ1) is 22.8. The second-order valence-electron chi connectivity index (χ2n) is 8.74. The van der Waals surface area contributed by atoms with Crippen LogP contribution in [0, 0.1) is 5.92 Å². The van der Waals surface area contributed by atoms with Gasteiger partial charge in [-0.2, -0.15) is 0 Å². The smallest absolute Gasteiger partial charge is 0.325 e. The summed E-state index contributed by atoms with van der Waals surface area (Å²) in [6.45, 7) is 9.34. The summed E-state index contributed by atoms with van der Waals surface area (Å²) in [5, 5.41) is 1.94. The molecule has 4 rings (SSSR count). The number of hydrogen-bond donors (Lipinski definition) is 0. The highest BCUT2D eigenvalue weighted by Gasteiger charge is 2.55. The van der Waals surface area contributed by atoms with Gasteiger partial charge in [0.15, 0.2) is 0 Å². The topological polar surface area (TPSA) is 53.1 Å². The molecule has 3 aliphatic rings. The number of carbonyl (C=O) groups excluding carboxylic acids is 2. The number of likely N-dealkylation sites (tertiary alicyclic amines) is 1. The third-order valence-electron chi connectivity index (χ3n) is 7.04. The molecule has 172 valence electrons. The summed E-state index contributed by atoms with van der Waals surface area (Å²) in [6, 6.07) is 3.88. The summed E-state index contributed by atoms with van der Waals surface area (Å²) in [5.74, 6) is 0.273. The quantitative estimate of drug-likeness (QED) is 0.655. The van der Waals surface area contributed by atoms with Crippen LogP contribution in [0.5, 0.6) is 0 Å². The lowest BCUT2D eigenvalue weighted by molar-refractivity contribution is 0.0579. The Morgan fingerprint density at radius 2 is 2.09 bits per heavy atom. The largest absolute Gasteiger partial charge is 0.380 e. The summed E-state index contributed by atoms with van der Waals surface area (Å²) >= 11 is 1.49. The van der Waals surface area contributed by atoms with E-state index >= 15 is 0 Å². The number of rotatable bonds is 5. The van der Waals surface area contributed by atoms with Crippen LogP contribution in [0.3, 0.4) is 0 Å². The molecular weight excluding hydrogens is 422 g/mol. The number of thiophene rings is 1. The van der Waals surface area contributed by atoms with Gasteiger partial charge in [0.2, 0.25) is 0 Å². The molecule has 6 nitrogen and oxygen atoms in total. The van der Waals surface area contributed by atoms with E-state index in [1.165, 1.54) is 16.9 Å². The van der Waals surface area contributed by atoms with Crippen molar-refractivity contribution in [3.8, 4) is 0 Å². The van der Waals surface area contributed by atoms with Crippen LogP contribution in [-0.2, 0) is 4.74 Å². The molecule has 32 heavy (non-hydrogen) atoms. The molecule has 1 atom stereocenters. The van der Waals surface area contributed by atoms with E-state index in [9.17, 15) is 9.59 Å². The molecule has 3 amide bonds. The van der Waals surface area contributed by atoms with Crippen LogP contribution in [0.25, 0.3) is 0 Å². The van der Waals surface area contributed by atoms with Crippen molar-refractivity contribution < 1.29 is 14.3 Å². The molecule has 3 aliphatic heterocycles. The van der Waals surface area contributed by atoms with Gasteiger partial charge in [-0.3, -0.25) is 9.69 Å². The van der Waals surface area contributed by atoms with Crippen molar-refractivity contribution in [2.75, 3.05) is 39.9 Å². The average Bonchev–Trinajstić information content (AvgIpc) is 3.36. The number of ether oxygens (including phenoxy) is 1. The van der Waals surface area contributed by atoms with Crippen molar-refractivity contribution in [2.24, 2.45) is 5.92 Å². The first-order valence-corrected chi connectivity index (χ1v) is 12.3. The lowest BCUT2D eigenvalue weighted by Gasteiger charge is -2.44. The van der Waals surface area contributed by atoms with E-state index < -0.39 is 0 Å². The molecule has 2 fully saturated rings. The fourth-order valence-corrected chi connectivity index (χ4v) is 6.15. The van der Waals surface area contributed by atoms with Crippen molar-refractivity contribution >= 4 is 23.3 Å². The Bertz CT molecular complexity index is 955. The van der Waals surface area contributed by atoms with E-state index in [4.69, 9.17) is 4.74 Å². The fraction of sp³-hybridized carbons (Fsp3) is 0.520. The number of carbonyl (C=O) groups is 2. The van der Waals surface area contributed by atoms with Gasteiger partial charge in [-0.1, -0.05) is 31.2 Å². The van der Waals surface area contributed by atoms with E-state index in [-0.39, 0.29) is 23.4 Å². The Hall–Kier alpha value is -2.38. The van der Waals surface area contributed by atoms with E-state index in [1.54, 1.807) is 7.11 Å². The van der Waals surface area contributed by atoms with E-state index in [0.717, 1.165) is 29.0 Å². The predicted octanol–water partition coefficient (Wildman–Crippen LogP) is 4.53. The molecule has 2 saturated heterocycles. The molecule has 4 heterocycles. The minimum atomic E-state index is -0.351. The maximum Gasteiger partial charge on any atom is 0.325 e. The monoisotopic (exact) mass is 455 g/mol. The Kier molecular flexibility index (Phi) is 6.58. The number of urea groups is 1. The second kappa shape index (κ2) is 9.24. The maximum absolute atomic E-state index is 13.6. The van der Waals surface area contributed by atoms with Gasteiger partial charge in [-0.15, -0.1) is 11.3 Å². The number of nitrogens with zero attached hydrogens (tertiary/aromatic N) is 3. The number of likely N-dealkylation sites (N-methyl/N-ethyl adjacent to an activating group) is 1. The van der Waals surface area contributed by atoms with Crippen LogP contribution in [-0.4, -0.2) is 72.1 Å². The number of amides is 3.